The number of ketones is 1. The van der Waals surface area contributed by atoms with Crippen LogP contribution in [0, 0.1) is 0 Å². The van der Waals surface area contributed by atoms with Crippen molar-refractivity contribution in [3.63, 3.8) is 0 Å². The van der Waals surface area contributed by atoms with Gasteiger partial charge in [0, 0.05) is 62.9 Å². The van der Waals surface area contributed by atoms with Crippen molar-refractivity contribution in [2.75, 3.05) is 13.1 Å². The third kappa shape index (κ3) is 6.37. The second kappa shape index (κ2) is 12.5. The predicted octanol–water partition coefficient (Wildman–Crippen LogP) is 4.40. The summed E-state index contributed by atoms with van der Waals surface area (Å²) < 4.78 is 0. The van der Waals surface area contributed by atoms with Crippen molar-refractivity contribution >= 4 is 17.6 Å². The lowest BCUT2D eigenvalue weighted by atomic mass is 9.88. The van der Waals surface area contributed by atoms with E-state index in [-0.39, 0.29) is 17.6 Å². The molecule has 2 aromatic heterocycles. The van der Waals surface area contributed by atoms with E-state index in [1.54, 1.807) is 24.8 Å². The van der Waals surface area contributed by atoms with Crippen molar-refractivity contribution in [1.82, 2.24) is 20.6 Å². The van der Waals surface area contributed by atoms with Gasteiger partial charge in [0.15, 0.2) is 5.78 Å². The molecule has 0 atom stereocenters. The van der Waals surface area contributed by atoms with Gasteiger partial charge in [0.2, 0.25) is 11.8 Å². The highest BCUT2D eigenvalue weighted by Crippen LogP contribution is 2.32. The summed E-state index contributed by atoms with van der Waals surface area (Å²) in [6.45, 7) is 4.00. The summed E-state index contributed by atoms with van der Waals surface area (Å²) >= 11 is 0. The van der Waals surface area contributed by atoms with Gasteiger partial charge in [0.05, 0.1) is 0 Å². The molecule has 0 saturated heterocycles. The summed E-state index contributed by atoms with van der Waals surface area (Å²) in [6, 6.07) is 19.5. The fraction of sp³-hybridized carbons (Fsp3) is 0.194. The minimum Gasteiger partial charge on any atom is -0.356 e. The van der Waals surface area contributed by atoms with Gasteiger partial charge in [-0.3, -0.25) is 24.4 Å². The number of aromatic nitrogens is 2. The van der Waals surface area contributed by atoms with E-state index in [9.17, 15) is 14.4 Å². The van der Waals surface area contributed by atoms with Crippen LogP contribution < -0.4 is 10.6 Å². The zero-order valence-corrected chi connectivity index (χ0v) is 21.5. The van der Waals surface area contributed by atoms with Gasteiger partial charge in [0.25, 0.3) is 0 Å². The van der Waals surface area contributed by atoms with Crippen LogP contribution in [0.15, 0.2) is 85.5 Å². The number of hydrogen-bond donors (Lipinski definition) is 2. The van der Waals surface area contributed by atoms with E-state index in [4.69, 9.17) is 0 Å². The highest BCUT2D eigenvalue weighted by molar-refractivity contribution is 6.15. The molecule has 0 spiro atoms. The molecular weight excluding hydrogens is 476 g/mol. The van der Waals surface area contributed by atoms with Crippen LogP contribution in [-0.4, -0.2) is 40.7 Å². The highest BCUT2D eigenvalue weighted by atomic mass is 16.2. The molecule has 2 heterocycles. The second-order valence-corrected chi connectivity index (χ2v) is 8.95. The molecule has 4 aromatic rings. The smallest absolute Gasteiger partial charge is 0.216 e. The number of benzene rings is 2. The van der Waals surface area contributed by atoms with Crippen LogP contribution in [0.3, 0.4) is 0 Å². The second-order valence-electron chi connectivity index (χ2n) is 8.95. The van der Waals surface area contributed by atoms with Crippen molar-refractivity contribution < 1.29 is 14.4 Å². The van der Waals surface area contributed by atoms with Crippen LogP contribution in [0.2, 0.25) is 0 Å². The summed E-state index contributed by atoms with van der Waals surface area (Å²) in [6.07, 6.45) is 7.82. The predicted molar refractivity (Wildman–Crippen MR) is 148 cm³/mol. The maximum Gasteiger partial charge on any atom is 0.216 e. The zero-order valence-electron chi connectivity index (χ0n) is 21.5. The first-order valence-corrected chi connectivity index (χ1v) is 12.5. The first-order valence-electron chi connectivity index (χ1n) is 12.5. The van der Waals surface area contributed by atoms with Crippen molar-refractivity contribution in [3.05, 3.63) is 108 Å². The maximum atomic E-state index is 14.1. The molecular formula is C31H30N4O3. The maximum absolute atomic E-state index is 14.1. The number of nitrogens with one attached hydrogen (secondary N) is 2. The van der Waals surface area contributed by atoms with Gasteiger partial charge in [-0.15, -0.1) is 0 Å². The summed E-state index contributed by atoms with van der Waals surface area (Å²) in [7, 11) is 0. The zero-order chi connectivity index (χ0) is 26.9. The Morgan fingerprint density at radius 2 is 1.03 bits per heavy atom. The van der Waals surface area contributed by atoms with Crippen molar-refractivity contribution in [1.29, 1.82) is 0 Å². The molecule has 0 fully saturated rings. The first-order chi connectivity index (χ1) is 18.5. The van der Waals surface area contributed by atoms with E-state index in [2.05, 4.69) is 20.6 Å². The standard InChI is InChI=1S/C31H30N4O3/c1-21(36)34-17-11-23-7-3-5-9-25(23)27-13-15-32-19-29(27)31(38)30-20-33-16-14-28(30)26-10-6-4-8-24(26)12-18-35-22(2)37/h3-10,13-16,19-20H,11-12,17-18H2,1-2H3,(H,34,36)(H,35,37). The first kappa shape index (κ1) is 26.4. The van der Waals surface area contributed by atoms with E-state index in [1.807, 2.05) is 60.7 Å². The van der Waals surface area contributed by atoms with Crippen molar-refractivity contribution in [3.8, 4) is 22.3 Å². The molecule has 0 aliphatic rings. The quantitative estimate of drug-likeness (QED) is 0.311. The Morgan fingerprint density at radius 3 is 1.45 bits per heavy atom. The van der Waals surface area contributed by atoms with E-state index >= 15 is 0 Å². The molecule has 0 bridgehead atoms. The summed E-state index contributed by atoms with van der Waals surface area (Å²) in [5.74, 6) is -0.336. The van der Waals surface area contributed by atoms with Gasteiger partial charge in [-0.1, -0.05) is 48.5 Å². The molecule has 2 amide bonds. The van der Waals surface area contributed by atoms with Crippen molar-refractivity contribution in [2.24, 2.45) is 0 Å². The minimum absolute atomic E-state index is 0.0799. The Morgan fingerprint density at radius 1 is 0.605 bits per heavy atom. The molecule has 4 rings (SSSR count). The summed E-state index contributed by atoms with van der Waals surface area (Å²) in [4.78, 5) is 45.3. The average molecular weight is 507 g/mol. The Hall–Kier alpha value is -4.65. The fourth-order valence-electron chi connectivity index (χ4n) is 4.51. The number of pyridine rings is 2. The lowest BCUT2D eigenvalue weighted by molar-refractivity contribution is -0.119. The molecule has 7 heteroatoms. The molecule has 0 aliphatic heterocycles. The molecule has 0 radical (unpaired) electrons. The Kier molecular flexibility index (Phi) is 8.72. The molecule has 0 saturated carbocycles. The van der Waals surface area contributed by atoms with Crippen LogP contribution in [0.5, 0.6) is 0 Å². The molecule has 38 heavy (non-hydrogen) atoms. The third-order valence-electron chi connectivity index (χ3n) is 6.28. The Labute approximate surface area is 222 Å². The Balaban J connectivity index is 1.73. The summed E-state index contributed by atoms with van der Waals surface area (Å²) in [5.41, 5.74) is 6.39. The largest absolute Gasteiger partial charge is 0.356 e. The van der Waals surface area contributed by atoms with Gasteiger partial charge in [-0.25, -0.2) is 0 Å². The number of hydrogen-bond acceptors (Lipinski definition) is 5. The van der Waals surface area contributed by atoms with E-state index in [1.165, 1.54) is 13.8 Å². The highest BCUT2D eigenvalue weighted by Gasteiger charge is 2.21. The lowest BCUT2D eigenvalue weighted by Gasteiger charge is -2.16. The van der Waals surface area contributed by atoms with Crippen LogP contribution in [-0.2, 0) is 22.4 Å². The van der Waals surface area contributed by atoms with Gasteiger partial charge in [-0.2, -0.15) is 0 Å². The SMILES string of the molecule is CC(=O)NCCc1ccccc1-c1ccncc1C(=O)c1cnccc1-c1ccccc1CCNC(C)=O. The molecule has 7 nitrogen and oxygen atoms in total. The molecule has 0 unspecified atom stereocenters. The normalized spacial score (nSPS) is 10.6. The van der Waals surface area contributed by atoms with E-state index < -0.39 is 0 Å². The third-order valence-corrected chi connectivity index (χ3v) is 6.28. The van der Waals surface area contributed by atoms with Crippen LogP contribution in [0.4, 0.5) is 0 Å². The number of nitrogens with zero attached hydrogens (tertiary/aromatic N) is 2. The molecule has 2 aromatic carbocycles. The van der Waals surface area contributed by atoms with Gasteiger partial charge < -0.3 is 10.6 Å². The van der Waals surface area contributed by atoms with E-state index in [0.29, 0.717) is 37.1 Å². The van der Waals surface area contributed by atoms with Gasteiger partial charge in [0.1, 0.15) is 0 Å². The Bertz CT molecular complexity index is 1360. The van der Waals surface area contributed by atoms with Gasteiger partial charge in [-0.05, 0) is 58.4 Å². The number of carbonyl (C=O) groups excluding carboxylic acids is 3. The molecule has 2 N–H and O–H groups in total. The van der Waals surface area contributed by atoms with Crippen LogP contribution in [0.1, 0.15) is 40.9 Å². The lowest BCUT2D eigenvalue weighted by Crippen LogP contribution is -2.22. The monoisotopic (exact) mass is 506 g/mol. The van der Waals surface area contributed by atoms with Crippen molar-refractivity contribution in [2.45, 2.75) is 26.7 Å². The van der Waals surface area contributed by atoms with Gasteiger partial charge >= 0.3 is 0 Å². The minimum atomic E-state index is -0.176. The van der Waals surface area contributed by atoms with Crippen LogP contribution >= 0.6 is 0 Å². The summed E-state index contributed by atoms with van der Waals surface area (Å²) in [5, 5.41) is 5.68. The number of amides is 2. The van der Waals surface area contributed by atoms with E-state index in [0.717, 1.165) is 33.4 Å². The number of rotatable bonds is 10. The fourth-order valence-corrected chi connectivity index (χ4v) is 4.51. The molecule has 0 aliphatic carbocycles. The molecule has 192 valence electrons. The average Bonchev–Trinajstić information content (AvgIpc) is 2.93. The number of carbonyl (C=O) groups is 3. The topological polar surface area (TPSA) is 101 Å². The van der Waals surface area contributed by atoms with Crippen LogP contribution in [0.25, 0.3) is 22.3 Å².